The van der Waals surface area contributed by atoms with Crippen molar-refractivity contribution < 1.29 is 18.8 Å². The fourth-order valence-corrected chi connectivity index (χ4v) is 3.32. The van der Waals surface area contributed by atoms with Crippen molar-refractivity contribution in [1.82, 2.24) is 15.1 Å². The van der Waals surface area contributed by atoms with Crippen LogP contribution in [0.1, 0.15) is 40.6 Å². The molecule has 0 atom stereocenters. The zero-order valence-electron chi connectivity index (χ0n) is 16.4. The summed E-state index contributed by atoms with van der Waals surface area (Å²) < 4.78 is 15.9. The van der Waals surface area contributed by atoms with Crippen molar-refractivity contribution in [2.24, 2.45) is 0 Å². The second kappa shape index (κ2) is 7.59. The van der Waals surface area contributed by atoms with E-state index < -0.39 is 5.97 Å². The molecule has 0 unspecified atom stereocenters. The summed E-state index contributed by atoms with van der Waals surface area (Å²) in [6.45, 7) is -0.0755. The Labute approximate surface area is 172 Å². The van der Waals surface area contributed by atoms with Gasteiger partial charge in [0.25, 0.3) is 5.89 Å². The largest absolute Gasteiger partial charge is 0.497 e. The van der Waals surface area contributed by atoms with E-state index in [-0.39, 0.29) is 6.61 Å². The molecule has 2 heterocycles. The van der Waals surface area contributed by atoms with Crippen LogP contribution in [0.3, 0.4) is 0 Å². The Morgan fingerprint density at radius 1 is 1.10 bits per heavy atom. The van der Waals surface area contributed by atoms with Crippen LogP contribution >= 0.6 is 0 Å². The first-order valence-corrected chi connectivity index (χ1v) is 9.75. The molecule has 2 aromatic heterocycles. The lowest BCUT2D eigenvalue weighted by molar-refractivity contribution is 0.0462. The molecule has 4 aromatic rings. The van der Waals surface area contributed by atoms with Gasteiger partial charge < -0.3 is 14.0 Å². The minimum absolute atomic E-state index is 0.0755. The van der Waals surface area contributed by atoms with Crippen molar-refractivity contribution in [3.8, 4) is 17.2 Å². The van der Waals surface area contributed by atoms with Crippen molar-refractivity contribution in [3.05, 3.63) is 71.7 Å². The average Bonchev–Trinajstić information content (AvgIpc) is 3.54. The van der Waals surface area contributed by atoms with Crippen LogP contribution in [0.15, 0.2) is 59.1 Å². The highest BCUT2D eigenvalue weighted by Gasteiger charge is 2.27. The van der Waals surface area contributed by atoms with E-state index in [2.05, 4.69) is 10.1 Å². The van der Waals surface area contributed by atoms with Gasteiger partial charge in [-0.25, -0.2) is 4.79 Å². The molecular weight excluding hydrogens is 382 g/mol. The number of benzene rings is 2. The van der Waals surface area contributed by atoms with Crippen molar-refractivity contribution in [1.29, 1.82) is 0 Å². The Hall–Kier alpha value is -3.74. The predicted molar refractivity (Wildman–Crippen MR) is 109 cm³/mol. The van der Waals surface area contributed by atoms with Crippen molar-refractivity contribution >= 4 is 16.9 Å². The normalized spacial score (nSPS) is 13.4. The van der Waals surface area contributed by atoms with Crippen LogP contribution in [0.4, 0.5) is 0 Å². The third kappa shape index (κ3) is 3.61. The van der Waals surface area contributed by atoms with E-state index in [0.29, 0.717) is 23.2 Å². The summed E-state index contributed by atoms with van der Waals surface area (Å²) in [7, 11) is 1.60. The van der Waals surface area contributed by atoms with Crippen molar-refractivity contribution in [3.63, 3.8) is 0 Å². The first-order chi connectivity index (χ1) is 14.7. The van der Waals surface area contributed by atoms with Gasteiger partial charge in [0.2, 0.25) is 5.82 Å². The van der Waals surface area contributed by atoms with E-state index >= 15 is 0 Å². The van der Waals surface area contributed by atoms with E-state index in [0.717, 1.165) is 40.8 Å². The zero-order chi connectivity index (χ0) is 20.5. The van der Waals surface area contributed by atoms with Gasteiger partial charge >= 0.3 is 5.97 Å². The van der Waals surface area contributed by atoms with E-state index in [9.17, 15) is 4.79 Å². The molecule has 0 amide bonds. The number of carbonyl (C=O) groups is 1. The van der Waals surface area contributed by atoms with Crippen LogP contribution in [0, 0.1) is 0 Å². The Kier molecular flexibility index (Phi) is 4.63. The van der Waals surface area contributed by atoms with E-state index in [1.54, 1.807) is 7.11 Å². The number of para-hydroxylation sites is 1. The number of carbonyl (C=O) groups excluding carboxylic acids is 1. The lowest BCUT2D eigenvalue weighted by atomic mass is 10.1. The monoisotopic (exact) mass is 401 g/mol. The van der Waals surface area contributed by atoms with Gasteiger partial charge in [-0.15, -0.1) is 0 Å². The Bertz CT molecular complexity index is 1210. The topological polar surface area (TPSA) is 87.3 Å². The van der Waals surface area contributed by atoms with Gasteiger partial charge in [-0.05, 0) is 49.2 Å². The fraction of sp³-hybridized carbons (Fsp3) is 0.217. The number of rotatable bonds is 6. The van der Waals surface area contributed by atoms with Gasteiger partial charge in [-0.2, -0.15) is 4.98 Å². The molecule has 7 heteroatoms. The summed E-state index contributed by atoms with van der Waals surface area (Å²) in [4.78, 5) is 21.8. The third-order valence-electron chi connectivity index (χ3n) is 5.09. The summed E-state index contributed by atoms with van der Waals surface area (Å²) in [5.74, 6) is 1.41. The summed E-state index contributed by atoms with van der Waals surface area (Å²) in [6, 6.07) is 16.7. The molecule has 0 aliphatic heterocycles. The number of aromatic nitrogens is 3. The molecule has 0 radical (unpaired) electrons. The van der Waals surface area contributed by atoms with Gasteiger partial charge in [-0.1, -0.05) is 23.4 Å². The summed E-state index contributed by atoms with van der Waals surface area (Å²) in [5, 5.41) is 4.69. The number of methoxy groups -OCH3 is 1. The number of nitrogens with zero attached hydrogens (tertiary/aromatic N) is 3. The lowest BCUT2D eigenvalue weighted by Crippen LogP contribution is -2.08. The number of pyridine rings is 1. The molecule has 1 saturated carbocycles. The second-order valence-electron chi connectivity index (χ2n) is 7.21. The second-order valence-corrected chi connectivity index (χ2v) is 7.21. The number of esters is 1. The molecule has 30 heavy (non-hydrogen) atoms. The molecule has 150 valence electrons. The van der Waals surface area contributed by atoms with Crippen molar-refractivity contribution in [2.75, 3.05) is 7.11 Å². The first kappa shape index (κ1) is 18.3. The highest BCUT2D eigenvalue weighted by molar-refractivity contribution is 6.03. The van der Waals surface area contributed by atoms with Gasteiger partial charge in [0.05, 0.1) is 18.2 Å². The SMILES string of the molecule is COc1ccc(-c2nc(COC(=O)c3cc(C4CC4)nc4ccccc34)no2)cc1. The Morgan fingerprint density at radius 2 is 1.90 bits per heavy atom. The molecule has 1 aliphatic carbocycles. The summed E-state index contributed by atoms with van der Waals surface area (Å²) >= 11 is 0. The van der Waals surface area contributed by atoms with Crippen LogP contribution in [-0.4, -0.2) is 28.2 Å². The van der Waals surface area contributed by atoms with Crippen LogP contribution in [0.5, 0.6) is 5.75 Å². The number of hydrogen-bond donors (Lipinski definition) is 0. The standard InChI is InChI=1S/C23H19N3O4/c1-28-16-10-8-15(9-11-16)22-25-21(26-30-22)13-29-23(27)18-12-20(14-6-7-14)24-19-5-3-2-4-17(18)19/h2-5,8-12,14H,6-7,13H2,1H3. The highest BCUT2D eigenvalue weighted by atomic mass is 16.5. The fourth-order valence-electron chi connectivity index (χ4n) is 3.32. The van der Waals surface area contributed by atoms with Gasteiger partial charge in [0.1, 0.15) is 5.75 Å². The smallest absolute Gasteiger partial charge is 0.339 e. The van der Waals surface area contributed by atoms with Gasteiger partial charge in [0, 0.05) is 22.6 Å². The highest BCUT2D eigenvalue weighted by Crippen LogP contribution is 2.40. The van der Waals surface area contributed by atoms with Crippen LogP contribution in [0.25, 0.3) is 22.4 Å². The number of hydrogen-bond acceptors (Lipinski definition) is 7. The molecule has 5 rings (SSSR count). The van der Waals surface area contributed by atoms with E-state index in [1.165, 1.54) is 0 Å². The summed E-state index contributed by atoms with van der Waals surface area (Å²) in [5.41, 5.74) is 3.02. The lowest BCUT2D eigenvalue weighted by Gasteiger charge is -2.08. The number of fused-ring (bicyclic) bond motifs is 1. The molecule has 7 nitrogen and oxygen atoms in total. The molecule has 1 fully saturated rings. The Balaban J connectivity index is 1.33. The van der Waals surface area contributed by atoms with Crippen molar-refractivity contribution in [2.45, 2.75) is 25.4 Å². The molecule has 0 spiro atoms. The molecule has 1 aliphatic rings. The maximum atomic E-state index is 12.8. The van der Waals surface area contributed by atoms with E-state index in [4.69, 9.17) is 19.0 Å². The maximum Gasteiger partial charge on any atom is 0.339 e. The van der Waals surface area contributed by atoms with Crippen LogP contribution in [0.2, 0.25) is 0 Å². The first-order valence-electron chi connectivity index (χ1n) is 9.75. The maximum absolute atomic E-state index is 12.8. The van der Waals surface area contributed by atoms with Gasteiger partial charge in [0.15, 0.2) is 6.61 Å². The van der Waals surface area contributed by atoms with Crippen LogP contribution in [-0.2, 0) is 11.3 Å². The molecule has 0 N–H and O–H groups in total. The van der Waals surface area contributed by atoms with E-state index in [1.807, 2.05) is 54.6 Å². The zero-order valence-corrected chi connectivity index (χ0v) is 16.4. The summed E-state index contributed by atoms with van der Waals surface area (Å²) in [6.07, 6.45) is 2.22. The molecule has 2 aromatic carbocycles. The van der Waals surface area contributed by atoms with Gasteiger partial charge in [-0.3, -0.25) is 4.98 Å². The number of ether oxygens (including phenoxy) is 2. The minimum atomic E-state index is -0.425. The predicted octanol–water partition coefficient (Wildman–Crippen LogP) is 4.53. The molecular formula is C23H19N3O4. The Morgan fingerprint density at radius 3 is 2.67 bits per heavy atom. The molecule has 0 saturated heterocycles. The third-order valence-corrected chi connectivity index (χ3v) is 5.09. The quantitative estimate of drug-likeness (QED) is 0.439. The minimum Gasteiger partial charge on any atom is -0.497 e. The van der Waals surface area contributed by atoms with Crippen LogP contribution < -0.4 is 4.74 Å². The average molecular weight is 401 g/mol. The molecule has 0 bridgehead atoms.